The summed E-state index contributed by atoms with van der Waals surface area (Å²) in [4.78, 5) is 15.8. The fourth-order valence-electron chi connectivity index (χ4n) is 4.14. The molecule has 10 nitrogen and oxygen atoms in total. The summed E-state index contributed by atoms with van der Waals surface area (Å²) >= 11 is 0. The van der Waals surface area contributed by atoms with Gasteiger partial charge in [-0.1, -0.05) is 12.1 Å². The first-order valence-electron chi connectivity index (χ1n) is 10.4. The van der Waals surface area contributed by atoms with E-state index < -0.39 is 4.92 Å². The van der Waals surface area contributed by atoms with E-state index in [0.717, 1.165) is 25.3 Å². The topological polar surface area (TPSA) is 121 Å². The van der Waals surface area contributed by atoms with Crippen LogP contribution in [0.4, 0.5) is 22.7 Å². The van der Waals surface area contributed by atoms with Crippen LogP contribution in [0.25, 0.3) is 11.0 Å². The number of fused-ring (bicyclic) bond motifs is 1. The van der Waals surface area contributed by atoms with Crippen molar-refractivity contribution in [2.24, 2.45) is 0 Å². The summed E-state index contributed by atoms with van der Waals surface area (Å²) < 4.78 is 4.89. The van der Waals surface area contributed by atoms with Crippen LogP contribution in [-0.4, -0.2) is 59.2 Å². The summed E-state index contributed by atoms with van der Waals surface area (Å²) in [6.45, 7) is 6.92. The molecule has 0 unspecified atom stereocenters. The van der Waals surface area contributed by atoms with Crippen molar-refractivity contribution in [1.82, 2.24) is 10.3 Å². The number of nitrogens with one attached hydrogen (secondary N) is 1. The van der Waals surface area contributed by atoms with E-state index in [9.17, 15) is 10.1 Å². The Bertz CT molecular complexity index is 1080. The molecule has 2 heterocycles. The van der Waals surface area contributed by atoms with E-state index in [-0.39, 0.29) is 23.9 Å². The van der Waals surface area contributed by atoms with Crippen molar-refractivity contribution in [3.05, 3.63) is 46.0 Å². The molecule has 1 aliphatic heterocycles. The average Bonchev–Trinajstić information content (AvgIpc) is 3.22. The SMILES string of the molecule is Cc1cccc(N2CCN(c3cc(NCCCO)c([N+](=O)[O-])c4nonc34)C[C@H]2C)c1. The first-order chi connectivity index (χ1) is 15.0. The van der Waals surface area contributed by atoms with Crippen molar-refractivity contribution in [2.75, 3.05) is 47.9 Å². The van der Waals surface area contributed by atoms with Gasteiger partial charge < -0.3 is 20.2 Å². The molecule has 1 atom stereocenters. The van der Waals surface area contributed by atoms with Crippen LogP contribution in [0.2, 0.25) is 0 Å². The monoisotopic (exact) mass is 426 g/mol. The summed E-state index contributed by atoms with van der Waals surface area (Å²) in [5.74, 6) is 0. The fraction of sp³-hybridized carbons (Fsp3) is 0.429. The Morgan fingerprint density at radius 2 is 2.10 bits per heavy atom. The molecule has 1 aliphatic rings. The van der Waals surface area contributed by atoms with E-state index >= 15 is 0 Å². The summed E-state index contributed by atoms with van der Waals surface area (Å²) in [5, 5.41) is 31.6. The van der Waals surface area contributed by atoms with Gasteiger partial charge in [0.2, 0.25) is 5.52 Å². The highest BCUT2D eigenvalue weighted by atomic mass is 16.6. The van der Waals surface area contributed by atoms with Crippen LogP contribution < -0.4 is 15.1 Å². The van der Waals surface area contributed by atoms with Gasteiger partial charge in [0.25, 0.3) is 0 Å². The van der Waals surface area contributed by atoms with Gasteiger partial charge in [-0.05, 0) is 54.3 Å². The lowest BCUT2D eigenvalue weighted by atomic mass is 10.1. The zero-order valence-electron chi connectivity index (χ0n) is 17.6. The minimum Gasteiger partial charge on any atom is -0.396 e. The minimum atomic E-state index is -0.476. The van der Waals surface area contributed by atoms with Gasteiger partial charge in [0, 0.05) is 44.5 Å². The first kappa shape index (κ1) is 20.9. The lowest BCUT2D eigenvalue weighted by Gasteiger charge is -2.42. The summed E-state index contributed by atoms with van der Waals surface area (Å²) in [6.07, 6.45) is 0.480. The van der Waals surface area contributed by atoms with E-state index in [1.54, 1.807) is 6.07 Å². The van der Waals surface area contributed by atoms with Crippen LogP contribution in [0.15, 0.2) is 35.0 Å². The molecule has 2 aromatic carbocycles. The quantitative estimate of drug-likeness (QED) is 0.334. The van der Waals surface area contributed by atoms with E-state index in [4.69, 9.17) is 9.74 Å². The molecule has 0 amide bonds. The minimum absolute atomic E-state index is 0.000149. The molecule has 1 fully saturated rings. The molecule has 0 radical (unpaired) electrons. The first-order valence-corrected chi connectivity index (χ1v) is 10.4. The number of aliphatic hydroxyl groups excluding tert-OH is 1. The number of nitro benzene ring substituents is 1. The van der Waals surface area contributed by atoms with Gasteiger partial charge in [0.05, 0.1) is 10.6 Å². The Morgan fingerprint density at radius 1 is 1.29 bits per heavy atom. The average molecular weight is 426 g/mol. The van der Waals surface area contributed by atoms with Crippen LogP contribution in [0, 0.1) is 17.0 Å². The third-order valence-electron chi connectivity index (χ3n) is 5.63. The molecule has 31 heavy (non-hydrogen) atoms. The van der Waals surface area contributed by atoms with Gasteiger partial charge in [-0.3, -0.25) is 10.1 Å². The predicted octanol–water partition coefficient (Wildman–Crippen LogP) is 2.95. The molecule has 3 aromatic rings. The second kappa shape index (κ2) is 8.76. The molecule has 10 heteroatoms. The van der Waals surface area contributed by atoms with Gasteiger partial charge in [-0.2, -0.15) is 0 Å². The molecule has 1 aromatic heterocycles. The number of rotatable bonds is 7. The predicted molar refractivity (Wildman–Crippen MR) is 119 cm³/mol. The molecular formula is C21H26N6O4. The van der Waals surface area contributed by atoms with Crippen LogP contribution in [0.3, 0.4) is 0 Å². The highest BCUT2D eigenvalue weighted by molar-refractivity contribution is 5.99. The zero-order valence-corrected chi connectivity index (χ0v) is 17.6. The summed E-state index contributed by atoms with van der Waals surface area (Å²) in [5.41, 5.74) is 3.87. The van der Waals surface area contributed by atoms with Crippen molar-refractivity contribution in [3.8, 4) is 0 Å². The fourth-order valence-corrected chi connectivity index (χ4v) is 4.14. The smallest absolute Gasteiger partial charge is 0.323 e. The number of nitrogens with zero attached hydrogens (tertiary/aromatic N) is 5. The molecule has 1 saturated heterocycles. The maximum absolute atomic E-state index is 11.7. The van der Waals surface area contributed by atoms with Gasteiger partial charge in [0.15, 0.2) is 5.52 Å². The maximum atomic E-state index is 11.7. The zero-order chi connectivity index (χ0) is 22.0. The van der Waals surface area contributed by atoms with Crippen molar-refractivity contribution in [2.45, 2.75) is 26.3 Å². The molecule has 0 spiro atoms. The number of anilines is 3. The second-order valence-electron chi connectivity index (χ2n) is 7.84. The number of hydrogen-bond acceptors (Lipinski definition) is 9. The lowest BCUT2D eigenvalue weighted by Crippen LogP contribution is -2.52. The van der Waals surface area contributed by atoms with Crippen molar-refractivity contribution in [1.29, 1.82) is 0 Å². The normalized spacial score (nSPS) is 16.7. The van der Waals surface area contributed by atoms with Crippen LogP contribution >= 0.6 is 0 Å². The molecule has 0 aliphatic carbocycles. The van der Waals surface area contributed by atoms with Crippen LogP contribution in [0.5, 0.6) is 0 Å². The van der Waals surface area contributed by atoms with Crippen LogP contribution in [-0.2, 0) is 0 Å². The third-order valence-corrected chi connectivity index (χ3v) is 5.63. The Balaban J connectivity index is 1.66. The van der Waals surface area contributed by atoms with E-state index in [0.29, 0.717) is 24.2 Å². The summed E-state index contributed by atoms with van der Waals surface area (Å²) in [6, 6.07) is 10.4. The third kappa shape index (κ3) is 4.11. The molecule has 2 N–H and O–H groups in total. The number of nitro groups is 1. The van der Waals surface area contributed by atoms with E-state index in [1.807, 2.05) is 0 Å². The molecule has 4 rings (SSSR count). The largest absolute Gasteiger partial charge is 0.396 e. The van der Waals surface area contributed by atoms with E-state index in [2.05, 4.69) is 63.5 Å². The standard InChI is InChI=1S/C21H26N6O4/c1-14-5-3-6-16(11-14)26-9-8-25(13-15(26)2)18-12-17(22-7-4-10-28)21(27(29)30)20-19(18)23-31-24-20/h3,5-6,11-12,15,22,28H,4,7-10,13H2,1-2H3/t15-/m1/s1. The van der Waals surface area contributed by atoms with Crippen molar-refractivity contribution >= 4 is 33.8 Å². The Morgan fingerprint density at radius 3 is 2.81 bits per heavy atom. The van der Waals surface area contributed by atoms with Gasteiger partial charge in [0.1, 0.15) is 5.69 Å². The Labute approximate surface area is 179 Å². The molecular weight excluding hydrogens is 400 g/mol. The Kier molecular flexibility index (Phi) is 5.90. The van der Waals surface area contributed by atoms with Crippen LogP contribution in [0.1, 0.15) is 18.9 Å². The van der Waals surface area contributed by atoms with Gasteiger partial charge in [-0.15, -0.1) is 0 Å². The van der Waals surface area contributed by atoms with Gasteiger partial charge in [-0.25, -0.2) is 4.63 Å². The lowest BCUT2D eigenvalue weighted by molar-refractivity contribution is -0.382. The van der Waals surface area contributed by atoms with Gasteiger partial charge >= 0.3 is 5.69 Å². The summed E-state index contributed by atoms with van der Waals surface area (Å²) in [7, 11) is 0. The highest BCUT2D eigenvalue weighted by Gasteiger charge is 2.31. The van der Waals surface area contributed by atoms with Crippen molar-refractivity contribution < 1.29 is 14.7 Å². The number of hydrogen-bond donors (Lipinski definition) is 2. The number of aryl methyl sites for hydroxylation is 1. The molecule has 0 saturated carbocycles. The number of aromatic nitrogens is 2. The maximum Gasteiger partial charge on any atom is 0.323 e. The molecule has 164 valence electrons. The molecule has 0 bridgehead atoms. The van der Waals surface area contributed by atoms with E-state index in [1.165, 1.54) is 11.3 Å². The number of aliphatic hydroxyl groups is 1. The highest BCUT2D eigenvalue weighted by Crippen LogP contribution is 2.39. The number of benzene rings is 2. The van der Waals surface area contributed by atoms with Crippen molar-refractivity contribution in [3.63, 3.8) is 0 Å². The second-order valence-corrected chi connectivity index (χ2v) is 7.84. The number of piperazine rings is 1. The Hall–Kier alpha value is -3.40.